The standard InChI is InChI=1S/C23H21NO4/c1-2-21(23(25)26)22-9-4-3-6-18(22)16-28-20-8-5-7-19(14-20)27-15-17-10-12-24-13-11-17/h2-14H,15-16H2,1H3,(H,25,26). The van der Waals surface area contributed by atoms with Gasteiger partial charge in [-0.1, -0.05) is 36.4 Å². The van der Waals surface area contributed by atoms with Gasteiger partial charge in [0.2, 0.25) is 0 Å². The van der Waals surface area contributed by atoms with E-state index < -0.39 is 5.97 Å². The third-order valence-corrected chi connectivity index (χ3v) is 4.18. The van der Waals surface area contributed by atoms with Crippen LogP contribution in [0, 0.1) is 0 Å². The van der Waals surface area contributed by atoms with E-state index in [-0.39, 0.29) is 12.2 Å². The molecular formula is C23H21NO4. The molecule has 0 unspecified atom stereocenters. The van der Waals surface area contributed by atoms with Gasteiger partial charge >= 0.3 is 5.97 Å². The predicted molar refractivity (Wildman–Crippen MR) is 107 cm³/mol. The van der Waals surface area contributed by atoms with Crippen LogP contribution in [0.25, 0.3) is 5.57 Å². The first-order valence-corrected chi connectivity index (χ1v) is 8.90. The number of hydrogen-bond acceptors (Lipinski definition) is 4. The third-order valence-electron chi connectivity index (χ3n) is 4.18. The van der Waals surface area contributed by atoms with Gasteiger partial charge in [-0.25, -0.2) is 4.79 Å². The molecule has 28 heavy (non-hydrogen) atoms. The Labute approximate surface area is 163 Å². The molecule has 2 aromatic carbocycles. The molecule has 1 N–H and O–H groups in total. The van der Waals surface area contributed by atoms with Gasteiger partial charge in [0.15, 0.2) is 0 Å². The van der Waals surface area contributed by atoms with E-state index in [1.54, 1.807) is 31.5 Å². The zero-order chi connectivity index (χ0) is 19.8. The van der Waals surface area contributed by atoms with Crippen molar-refractivity contribution < 1.29 is 19.4 Å². The van der Waals surface area contributed by atoms with Crippen molar-refractivity contribution in [1.82, 2.24) is 4.98 Å². The molecule has 0 aliphatic heterocycles. The Morgan fingerprint density at radius 3 is 2.32 bits per heavy atom. The van der Waals surface area contributed by atoms with Gasteiger partial charge in [-0.05, 0) is 47.9 Å². The number of rotatable bonds is 8. The summed E-state index contributed by atoms with van der Waals surface area (Å²) in [6, 6.07) is 18.5. The summed E-state index contributed by atoms with van der Waals surface area (Å²) >= 11 is 0. The van der Waals surface area contributed by atoms with Crippen LogP contribution in [0.2, 0.25) is 0 Å². The minimum absolute atomic E-state index is 0.258. The normalized spacial score (nSPS) is 11.1. The zero-order valence-corrected chi connectivity index (χ0v) is 15.5. The lowest BCUT2D eigenvalue weighted by molar-refractivity contribution is -0.130. The maximum atomic E-state index is 11.5. The number of hydrogen-bond donors (Lipinski definition) is 1. The van der Waals surface area contributed by atoms with E-state index >= 15 is 0 Å². The molecule has 0 saturated carbocycles. The van der Waals surface area contributed by atoms with E-state index in [2.05, 4.69) is 4.98 Å². The quantitative estimate of drug-likeness (QED) is 0.577. The highest BCUT2D eigenvalue weighted by Crippen LogP contribution is 2.24. The van der Waals surface area contributed by atoms with Gasteiger partial charge in [0.05, 0.1) is 5.57 Å². The van der Waals surface area contributed by atoms with Crippen LogP contribution < -0.4 is 9.47 Å². The van der Waals surface area contributed by atoms with E-state index in [0.29, 0.717) is 23.7 Å². The van der Waals surface area contributed by atoms with Crippen molar-refractivity contribution in [3.63, 3.8) is 0 Å². The number of carboxylic acids is 1. The summed E-state index contributed by atoms with van der Waals surface area (Å²) < 4.78 is 11.7. The number of pyridine rings is 1. The van der Waals surface area contributed by atoms with Crippen molar-refractivity contribution in [2.45, 2.75) is 20.1 Å². The summed E-state index contributed by atoms with van der Waals surface area (Å²) in [7, 11) is 0. The number of ether oxygens (including phenoxy) is 2. The van der Waals surface area contributed by atoms with E-state index in [0.717, 1.165) is 11.1 Å². The highest BCUT2D eigenvalue weighted by atomic mass is 16.5. The second-order valence-corrected chi connectivity index (χ2v) is 6.07. The van der Waals surface area contributed by atoms with Crippen LogP contribution in [0.3, 0.4) is 0 Å². The Kier molecular flexibility index (Phi) is 6.41. The zero-order valence-electron chi connectivity index (χ0n) is 15.5. The lowest BCUT2D eigenvalue weighted by Gasteiger charge is -2.13. The van der Waals surface area contributed by atoms with Crippen LogP contribution in [0.5, 0.6) is 11.5 Å². The summed E-state index contributed by atoms with van der Waals surface area (Å²) in [4.78, 5) is 15.4. The van der Waals surface area contributed by atoms with Crippen LogP contribution in [-0.4, -0.2) is 16.1 Å². The van der Waals surface area contributed by atoms with Crippen LogP contribution in [0.1, 0.15) is 23.6 Å². The molecule has 5 nitrogen and oxygen atoms in total. The molecule has 0 aliphatic carbocycles. The summed E-state index contributed by atoms with van der Waals surface area (Å²) in [5.41, 5.74) is 2.75. The first-order valence-electron chi connectivity index (χ1n) is 8.90. The van der Waals surface area contributed by atoms with Crippen LogP contribution in [-0.2, 0) is 18.0 Å². The highest BCUT2D eigenvalue weighted by Gasteiger charge is 2.13. The van der Waals surface area contributed by atoms with E-state index in [4.69, 9.17) is 9.47 Å². The van der Waals surface area contributed by atoms with Gasteiger partial charge in [0.1, 0.15) is 24.7 Å². The smallest absolute Gasteiger partial charge is 0.335 e. The molecule has 5 heteroatoms. The maximum absolute atomic E-state index is 11.5. The number of benzene rings is 2. The molecule has 142 valence electrons. The molecule has 0 spiro atoms. The molecule has 0 saturated heterocycles. The summed E-state index contributed by atoms with van der Waals surface area (Å²) in [5, 5.41) is 9.40. The van der Waals surface area contributed by atoms with E-state index in [9.17, 15) is 9.90 Å². The molecule has 0 fully saturated rings. The number of carboxylic acid groups (broad SMARTS) is 1. The number of aliphatic carboxylic acids is 1. The lowest BCUT2D eigenvalue weighted by atomic mass is 10.00. The second kappa shape index (κ2) is 9.37. The van der Waals surface area contributed by atoms with E-state index in [1.807, 2.05) is 54.6 Å². The molecule has 3 aromatic rings. The largest absolute Gasteiger partial charge is 0.489 e. The number of carbonyl (C=O) groups is 1. The fourth-order valence-corrected chi connectivity index (χ4v) is 2.76. The molecule has 3 rings (SSSR count). The van der Waals surface area contributed by atoms with Crippen molar-refractivity contribution in [1.29, 1.82) is 0 Å². The van der Waals surface area contributed by atoms with Gasteiger partial charge in [-0.15, -0.1) is 0 Å². The third kappa shape index (κ3) is 4.98. The van der Waals surface area contributed by atoms with Gasteiger partial charge in [0.25, 0.3) is 0 Å². The fraction of sp³-hybridized carbons (Fsp3) is 0.130. The van der Waals surface area contributed by atoms with Crippen molar-refractivity contribution in [3.8, 4) is 11.5 Å². The van der Waals surface area contributed by atoms with Crippen molar-refractivity contribution in [2.75, 3.05) is 0 Å². The Bertz CT molecular complexity index is 967. The molecule has 0 aliphatic rings. The van der Waals surface area contributed by atoms with Crippen molar-refractivity contribution in [2.24, 2.45) is 0 Å². The first-order chi connectivity index (χ1) is 13.7. The summed E-state index contributed by atoms with van der Waals surface area (Å²) in [5.74, 6) is 0.392. The molecule has 1 aromatic heterocycles. The van der Waals surface area contributed by atoms with Crippen molar-refractivity contribution in [3.05, 3.63) is 95.8 Å². The monoisotopic (exact) mass is 375 g/mol. The molecule has 0 bridgehead atoms. The average molecular weight is 375 g/mol. The molecule has 0 atom stereocenters. The SMILES string of the molecule is CC=C(C(=O)O)c1ccccc1COc1cccc(OCc2ccncc2)c1. The van der Waals surface area contributed by atoms with Crippen LogP contribution >= 0.6 is 0 Å². The predicted octanol–water partition coefficient (Wildman–Crippen LogP) is 4.73. The fourth-order valence-electron chi connectivity index (χ4n) is 2.76. The first kappa shape index (κ1) is 19.2. The molecule has 1 heterocycles. The molecular weight excluding hydrogens is 354 g/mol. The van der Waals surface area contributed by atoms with Crippen LogP contribution in [0.4, 0.5) is 0 Å². The minimum Gasteiger partial charge on any atom is -0.489 e. The van der Waals surface area contributed by atoms with Gasteiger partial charge in [-0.3, -0.25) is 4.98 Å². The lowest BCUT2D eigenvalue weighted by Crippen LogP contribution is -2.05. The second-order valence-electron chi connectivity index (χ2n) is 6.07. The number of allylic oxidation sites excluding steroid dienone is 1. The number of nitrogens with zero attached hydrogens (tertiary/aromatic N) is 1. The highest BCUT2D eigenvalue weighted by molar-refractivity contribution is 6.15. The van der Waals surface area contributed by atoms with Gasteiger partial charge in [-0.2, -0.15) is 0 Å². The molecule has 0 radical (unpaired) electrons. The van der Waals surface area contributed by atoms with Gasteiger partial charge < -0.3 is 14.6 Å². The summed E-state index contributed by atoms with van der Waals surface area (Å²) in [6.45, 7) is 2.41. The number of aromatic nitrogens is 1. The van der Waals surface area contributed by atoms with E-state index in [1.165, 1.54) is 0 Å². The van der Waals surface area contributed by atoms with Crippen molar-refractivity contribution >= 4 is 11.5 Å². The minimum atomic E-state index is -0.957. The summed E-state index contributed by atoms with van der Waals surface area (Å²) in [6.07, 6.45) is 5.05. The molecule has 0 amide bonds. The Morgan fingerprint density at radius 2 is 1.64 bits per heavy atom. The van der Waals surface area contributed by atoms with Crippen LogP contribution in [0.15, 0.2) is 79.1 Å². The Morgan fingerprint density at radius 1 is 0.964 bits per heavy atom. The Hall–Kier alpha value is -3.60. The maximum Gasteiger partial charge on any atom is 0.335 e. The average Bonchev–Trinajstić information content (AvgIpc) is 2.73. The van der Waals surface area contributed by atoms with Gasteiger partial charge in [0, 0.05) is 18.5 Å². The Balaban J connectivity index is 1.68. The topological polar surface area (TPSA) is 68.7 Å².